The molecule has 0 radical (unpaired) electrons. The van der Waals surface area contributed by atoms with Gasteiger partial charge in [-0.15, -0.1) is 0 Å². The molecule has 8 heteroatoms. The molecule has 0 aliphatic carbocycles. The molecule has 0 N–H and O–H groups in total. The van der Waals surface area contributed by atoms with E-state index in [0.29, 0.717) is 4.47 Å². The first kappa shape index (κ1) is 16.1. The summed E-state index contributed by atoms with van der Waals surface area (Å²) in [6, 6.07) is 6.14. The Hall–Kier alpha value is -1.28. The van der Waals surface area contributed by atoms with Crippen molar-refractivity contribution in [2.75, 3.05) is 0 Å². The molecule has 21 heavy (non-hydrogen) atoms. The second-order valence-electron chi connectivity index (χ2n) is 3.97. The fourth-order valence-electron chi connectivity index (χ4n) is 1.62. The van der Waals surface area contributed by atoms with E-state index in [4.69, 9.17) is 0 Å². The van der Waals surface area contributed by atoms with Crippen molar-refractivity contribution in [3.8, 4) is 0 Å². The third-order valence-corrected chi connectivity index (χ3v) is 5.01. The molecule has 0 fully saturated rings. The molecular weight excluding hydrogens is 379 g/mol. The minimum atomic E-state index is -2.24. The van der Waals surface area contributed by atoms with Crippen molar-refractivity contribution < 1.29 is 26.2 Å². The zero-order valence-corrected chi connectivity index (χ0v) is 12.5. The van der Waals surface area contributed by atoms with Gasteiger partial charge < -0.3 is 0 Å². The standard InChI is InChI=1S/C13H6BrF5OS/c14-7-3-1-2-4-8(7)21(20)5-6-9(15)11(17)13(19)12(18)10(6)16/h1-4H,5H2/t21-/m0/s1. The lowest BCUT2D eigenvalue weighted by molar-refractivity contribution is 0.372. The molecule has 0 aliphatic rings. The summed E-state index contributed by atoms with van der Waals surface area (Å²) in [6.07, 6.45) is 0. The highest BCUT2D eigenvalue weighted by atomic mass is 79.9. The quantitative estimate of drug-likeness (QED) is 0.434. The lowest BCUT2D eigenvalue weighted by Crippen LogP contribution is -2.09. The van der Waals surface area contributed by atoms with Gasteiger partial charge in [-0.05, 0) is 28.1 Å². The van der Waals surface area contributed by atoms with Crippen LogP contribution in [0.5, 0.6) is 0 Å². The van der Waals surface area contributed by atoms with E-state index in [1.807, 2.05) is 0 Å². The Morgan fingerprint density at radius 3 is 1.86 bits per heavy atom. The first-order chi connectivity index (χ1) is 9.84. The van der Waals surface area contributed by atoms with E-state index in [2.05, 4.69) is 15.9 Å². The molecular formula is C13H6BrF5OS. The van der Waals surface area contributed by atoms with Crippen LogP contribution in [-0.2, 0) is 16.6 Å². The summed E-state index contributed by atoms with van der Waals surface area (Å²) in [7, 11) is -1.97. The number of rotatable bonds is 3. The monoisotopic (exact) mass is 384 g/mol. The second kappa shape index (κ2) is 6.23. The molecule has 0 saturated heterocycles. The fourth-order valence-corrected chi connectivity index (χ4v) is 3.63. The van der Waals surface area contributed by atoms with E-state index < -0.39 is 51.2 Å². The zero-order chi connectivity index (χ0) is 15.7. The van der Waals surface area contributed by atoms with Gasteiger partial charge in [0.05, 0.1) is 21.4 Å². The van der Waals surface area contributed by atoms with E-state index in [-0.39, 0.29) is 4.90 Å². The van der Waals surface area contributed by atoms with Crippen LogP contribution in [0, 0.1) is 29.1 Å². The highest BCUT2D eigenvalue weighted by Crippen LogP contribution is 2.27. The first-order valence-corrected chi connectivity index (χ1v) is 7.59. The summed E-state index contributed by atoms with van der Waals surface area (Å²) in [4.78, 5) is 0.196. The van der Waals surface area contributed by atoms with E-state index in [9.17, 15) is 26.2 Å². The predicted octanol–water partition coefficient (Wildman–Crippen LogP) is 4.45. The van der Waals surface area contributed by atoms with Crippen molar-refractivity contribution in [1.82, 2.24) is 0 Å². The van der Waals surface area contributed by atoms with Crippen LogP contribution in [0.2, 0.25) is 0 Å². The van der Waals surface area contributed by atoms with Gasteiger partial charge in [0.25, 0.3) is 0 Å². The summed E-state index contributed by atoms with van der Waals surface area (Å²) in [5.41, 5.74) is -1.10. The van der Waals surface area contributed by atoms with Crippen molar-refractivity contribution in [3.05, 3.63) is 63.4 Å². The Morgan fingerprint density at radius 2 is 1.33 bits per heavy atom. The van der Waals surface area contributed by atoms with Crippen LogP contribution in [0.25, 0.3) is 0 Å². The van der Waals surface area contributed by atoms with Crippen molar-refractivity contribution in [3.63, 3.8) is 0 Å². The molecule has 2 aromatic carbocycles. The molecule has 2 rings (SSSR count). The summed E-state index contributed by atoms with van der Waals surface area (Å²) < 4.78 is 78.5. The summed E-state index contributed by atoms with van der Waals surface area (Å²) >= 11 is 3.10. The molecule has 0 aliphatic heterocycles. The average molecular weight is 385 g/mol. The summed E-state index contributed by atoms with van der Waals surface area (Å²) in [6.45, 7) is 0. The van der Waals surface area contributed by atoms with Gasteiger partial charge in [0.1, 0.15) is 0 Å². The fraction of sp³-hybridized carbons (Fsp3) is 0.0769. The van der Waals surface area contributed by atoms with Gasteiger partial charge in [-0.2, -0.15) is 0 Å². The Balaban J connectivity index is 2.46. The van der Waals surface area contributed by atoms with Gasteiger partial charge >= 0.3 is 0 Å². The molecule has 1 atom stereocenters. The number of benzene rings is 2. The second-order valence-corrected chi connectivity index (χ2v) is 6.24. The SMILES string of the molecule is O=[S@@](Cc1c(F)c(F)c(F)c(F)c1F)c1ccccc1Br. The van der Waals surface area contributed by atoms with Gasteiger partial charge in [-0.3, -0.25) is 4.21 Å². The van der Waals surface area contributed by atoms with E-state index in [1.54, 1.807) is 12.1 Å². The highest BCUT2D eigenvalue weighted by molar-refractivity contribution is 9.10. The number of hydrogen-bond donors (Lipinski definition) is 0. The van der Waals surface area contributed by atoms with Crippen molar-refractivity contribution in [1.29, 1.82) is 0 Å². The molecule has 0 spiro atoms. The summed E-state index contributed by atoms with van der Waals surface area (Å²) in [5, 5.41) is 0. The van der Waals surface area contributed by atoms with Crippen LogP contribution >= 0.6 is 15.9 Å². The van der Waals surface area contributed by atoms with Crippen LogP contribution in [0.15, 0.2) is 33.6 Å². The lowest BCUT2D eigenvalue weighted by Gasteiger charge is -2.09. The zero-order valence-electron chi connectivity index (χ0n) is 10.1. The van der Waals surface area contributed by atoms with Crippen molar-refractivity contribution >= 4 is 26.7 Å². The third-order valence-electron chi connectivity index (χ3n) is 2.66. The van der Waals surface area contributed by atoms with Crippen LogP contribution in [0.3, 0.4) is 0 Å². The molecule has 1 nitrogen and oxygen atoms in total. The number of halogens is 6. The Bertz CT molecular complexity index is 706. The molecule has 0 bridgehead atoms. The Labute approximate surface area is 127 Å². The predicted molar refractivity (Wildman–Crippen MR) is 70.5 cm³/mol. The maximum absolute atomic E-state index is 13.5. The first-order valence-electron chi connectivity index (χ1n) is 5.47. The van der Waals surface area contributed by atoms with Gasteiger partial charge in [0, 0.05) is 10.0 Å². The molecule has 0 amide bonds. The normalized spacial score (nSPS) is 12.5. The third kappa shape index (κ3) is 3.01. The van der Waals surface area contributed by atoms with E-state index in [1.165, 1.54) is 12.1 Å². The number of hydrogen-bond acceptors (Lipinski definition) is 1. The minimum Gasteiger partial charge on any atom is -0.254 e. The van der Waals surface area contributed by atoms with Crippen LogP contribution in [0.4, 0.5) is 22.0 Å². The lowest BCUT2D eigenvalue weighted by atomic mass is 10.2. The van der Waals surface area contributed by atoms with Crippen LogP contribution < -0.4 is 0 Å². The Kier molecular flexibility index (Phi) is 4.77. The van der Waals surface area contributed by atoms with Gasteiger partial charge in [-0.25, -0.2) is 22.0 Å². The minimum absolute atomic E-state index is 0.196. The largest absolute Gasteiger partial charge is 0.254 e. The molecule has 0 aromatic heterocycles. The van der Waals surface area contributed by atoms with Gasteiger partial charge in [0.15, 0.2) is 23.3 Å². The molecule has 112 valence electrons. The topological polar surface area (TPSA) is 17.1 Å². The van der Waals surface area contributed by atoms with Gasteiger partial charge in [0.2, 0.25) is 5.82 Å². The molecule has 0 heterocycles. The van der Waals surface area contributed by atoms with Crippen LogP contribution in [-0.4, -0.2) is 4.21 Å². The summed E-state index contributed by atoms with van der Waals surface area (Å²) in [5.74, 6) is -11.1. The van der Waals surface area contributed by atoms with E-state index in [0.717, 1.165) is 0 Å². The van der Waals surface area contributed by atoms with E-state index >= 15 is 0 Å². The van der Waals surface area contributed by atoms with Crippen LogP contribution in [0.1, 0.15) is 5.56 Å². The maximum atomic E-state index is 13.5. The maximum Gasteiger partial charge on any atom is 0.200 e. The van der Waals surface area contributed by atoms with Gasteiger partial charge in [-0.1, -0.05) is 12.1 Å². The van der Waals surface area contributed by atoms with Crippen molar-refractivity contribution in [2.45, 2.75) is 10.6 Å². The smallest absolute Gasteiger partial charge is 0.200 e. The average Bonchev–Trinajstić information content (AvgIpc) is 2.48. The highest BCUT2D eigenvalue weighted by Gasteiger charge is 2.27. The molecule has 0 saturated carbocycles. The Morgan fingerprint density at radius 1 is 0.857 bits per heavy atom. The van der Waals surface area contributed by atoms with Crippen molar-refractivity contribution in [2.24, 2.45) is 0 Å². The molecule has 2 aromatic rings. The molecule has 0 unspecified atom stereocenters.